The minimum absolute atomic E-state index is 0.0423. The zero-order valence-electron chi connectivity index (χ0n) is 12.5. The zero-order chi connectivity index (χ0) is 16.4. The van der Waals surface area contributed by atoms with Crippen LogP contribution in [0, 0.1) is 11.7 Å². The van der Waals surface area contributed by atoms with Crippen LogP contribution in [0.4, 0.5) is 4.39 Å². The van der Waals surface area contributed by atoms with Crippen LogP contribution < -0.4 is 5.73 Å². The van der Waals surface area contributed by atoms with Crippen LogP contribution in [-0.4, -0.2) is 36.5 Å². The van der Waals surface area contributed by atoms with E-state index in [0.717, 1.165) is 0 Å². The molecule has 22 heavy (non-hydrogen) atoms. The molecule has 1 saturated heterocycles. The summed E-state index contributed by atoms with van der Waals surface area (Å²) < 4.78 is 19.3. The predicted molar refractivity (Wildman–Crippen MR) is 84.5 cm³/mol. The summed E-state index contributed by atoms with van der Waals surface area (Å²) in [7, 11) is 0. The van der Waals surface area contributed by atoms with E-state index in [2.05, 4.69) is 0 Å². The van der Waals surface area contributed by atoms with Crippen molar-refractivity contribution >= 4 is 29.1 Å². The van der Waals surface area contributed by atoms with Gasteiger partial charge in [0.05, 0.1) is 24.2 Å². The summed E-state index contributed by atoms with van der Waals surface area (Å²) in [6.45, 7) is 4.89. The van der Waals surface area contributed by atoms with Gasteiger partial charge >= 0.3 is 0 Å². The molecular formula is C15H19Cl2FN2O2. The lowest BCUT2D eigenvalue weighted by Gasteiger charge is -2.35. The first-order valence-electron chi connectivity index (χ1n) is 7.11. The fraction of sp³-hybridized carbons (Fsp3) is 0.533. The van der Waals surface area contributed by atoms with Crippen LogP contribution >= 0.6 is 23.2 Å². The highest BCUT2D eigenvalue weighted by Crippen LogP contribution is 2.32. The molecule has 1 aromatic rings. The largest absolute Gasteiger partial charge is 0.370 e. The van der Waals surface area contributed by atoms with Gasteiger partial charge in [-0.3, -0.25) is 4.79 Å². The number of nitrogens with zero attached hydrogens (tertiary/aromatic N) is 1. The van der Waals surface area contributed by atoms with E-state index in [4.69, 9.17) is 33.7 Å². The van der Waals surface area contributed by atoms with E-state index < -0.39 is 18.0 Å². The van der Waals surface area contributed by atoms with Gasteiger partial charge in [-0.2, -0.15) is 0 Å². The van der Waals surface area contributed by atoms with Gasteiger partial charge in [-0.15, -0.1) is 0 Å². The van der Waals surface area contributed by atoms with E-state index in [1.807, 2.05) is 13.8 Å². The molecule has 1 unspecified atom stereocenters. The van der Waals surface area contributed by atoms with Gasteiger partial charge in [0.25, 0.3) is 0 Å². The maximum atomic E-state index is 13.7. The van der Waals surface area contributed by atoms with Crippen molar-refractivity contribution in [3.8, 4) is 0 Å². The normalized spacial score (nSPS) is 20.3. The summed E-state index contributed by atoms with van der Waals surface area (Å²) in [6, 6.07) is 2.04. The number of benzene rings is 1. The van der Waals surface area contributed by atoms with Gasteiger partial charge in [0.1, 0.15) is 11.9 Å². The highest BCUT2D eigenvalue weighted by atomic mass is 35.5. The first-order valence-corrected chi connectivity index (χ1v) is 7.87. The molecule has 2 rings (SSSR count). The molecule has 0 aliphatic carbocycles. The number of amides is 1. The Labute approximate surface area is 139 Å². The van der Waals surface area contributed by atoms with Crippen molar-refractivity contribution < 1.29 is 13.9 Å². The Kier molecular flexibility index (Phi) is 5.66. The Balaban J connectivity index is 2.17. The molecule has 7 heteroatoms. The second-order valence-corrected chi connectivity index (χ2v) is 6.52. The number of ether oxygens (including phenoxy) is 1. The number of nitrogens with two attached hydrogens (primary N) is 1. The van der Waals surface area contributed by atoms with Crippen LogP contribution in [0.15, 0.2) is 12.1 Å². The van der Waals surface area contributed by atoms with Gasteiger partial charge in [-0.25, -0.2) is 4.39 Å². The van der Waals surface area contributed by atoms with E-state index in [0.29, 0.717) is 30.3 Å². The number of rotatable bonds is 3. The summed E-state index contributed by atoms with van der Waals surface area (Å²) in [5.74, 6) is -0.647. The Morgan fingerprint density at radius 2 is 2.09 bits per heavy atom. The molecule has 0 bridgehead atoms. The lowest BCUT2D eigenvalue weighted by molar-refractivity contribution is -0.141. The van der Waals surface area contributed by atoms with Crippen molar-refractivity contribution in [1.82, 2.24) is 4.90 Å². The van der Waals surface area contributed by atoms with Crippen LogP contribution in [0.3, 0.4) is 0 Å². The number of morpholine rings is 1. The molecule has 1 aromatic carbocycles. The van der Waals surface area contributed by atoms with Crippen molar-refractivity contribution in [2.45, 2.75) is 26.0 Å². The fourth-order valence-electron chi connectivity index (χ4n) is 2.32. The molecule has 1 amide bonds. The van der Waals surface area contributed by atoms with Gasteiger partial charge in [-0.1, -0.05) is 37.0 Å². The van der Waals surface area contributed by atoms with Gasteiger partial charge in [-0.05, 0) is 18.1 Å². The number of hydrogen-bond acceptors (Lipinski definition) is 3. The topological polar surface area (TPSA) is 55.6 Å². The molecule has 1 aliphatic heterocycles. The molecular weight excluding hydrogens is 330 g/mol. The molecule has 0 saturated carbocycles. The number of halogens is 3. The highest BCUT2D eigenvalue weighted by Gasteiger charge is 2.30. The van der Waals surface area contributed by atoms with Gasteiger partial charge in [0.15, 0.2) is 0 Å². The van der Waals surface area contributed by atoms with Crippen LogP contribution in [0.1, 0.15) is 25.5 Å². The van der Waals surface area contributed by atoms with Crippen LogP contribution in [0.2, 0.25) is 10.0 Å². The summed E-state index contributed by atoms with van der Waals surface area (Å²) in [6.07, 6.45) is -0.490. The molecule has 0 spiro atoms. The maximum Gasteiger partial charge on any atom is 0.239 e. The van der Waals surface area contributed by atoms with E-state index in [1.165, 1.54) is 12.1 Å². The second-order valence-electron chi connectivity index (χ2n) is 5.70. The first kappa shape index (κ1) is 17.5. The van der Waals surface area contributed by atoms with Crippen LogP contribution in [0.5, 0.6) is 0 Å². The summed E-state index contributed by atoms with van der Waals surface area (Å²) in [4.78, 5) is 14.0. The smallest absolute Gasteiger partial charge is 0.239 e. The minimum Gasteiger partial charge on any atom is -0.370 e. The Morgan fingerprint density at radius 1 is 1.41 bits per heavy atom. The SMILES string of the molecule is CC(C)[C@H](N)C(=O)N1CCOC(c2cc(F)c(Cl)cc2Cl)C1. The average molecular weight is 349 g/mol. The average Bonchev–Trinajstić information content (AvgIpc) is 2.49. The third kappa shape index (κ3) is 3.71. The van der Waals surface area contributed by atoms with Gasteiger partial charge < -0.3 is 15.4 Å². The molecule has 1 fully saturated rings. The van der Waals surface area contributed by atoms with E-state index in [1.54, 1.807) is 4.90 Å². The second kappa shape index (κ2) is 7.13. The Bertz CT molecular complexity index is 569. The quantitative estimate of drug-likeness (QED) is 0.854. The van der Waals surface area contributed by atoms with Crippen molar-refractivity contribution in [3.05, 3.63) is 33.6 Å². The zero-order valence-corrected chi connectivity index (χ0v) is 14.0. The highest BCUT2D eigenvalue weighted by molar-refractivity contribution is 6.35. The summed E-state index contributed by atoms with van der Waals surface area (Å²) in [5.41, 5.74) is 6.40. The fourth-order valence-corrected chi connectivity index (χ4v) is 2.82. The number of carbonyl (C=O) groups is 1. The third-order valence-electron chi connectivity index (χ3n) is 3.77. The molecule has 1 aliphatic rings. The predicted octanol–water partition coefficient (Wildman–Crippen LogP) is 3.02. The summed E-state index contributed by atoms with van der Waals surface area (Å²) >= 11 is 11.8. The Morgan fingerprint density at radius 3 is 2.73 bits per heavy atom. The molecule has 4 nitrogen and oxygen atoms in total. The van der Waals surface area contributed by atoms with E-state index >= 15 is 0 Å². The van der Waals surface area contributed by atoms with Crippen molar-refractivity contribution in [3.63, 3.8) is 0 Å². The standard InChI is InChI=1S/C15H19Cl2FN2O2/c1-8(2)14(19)15(21)20-3-4-22-13(7-20)9-5-12(18)11(17)6-10(9)16/h5-6,8,13-14H,3-4,7,19H2,1-2H3/t13?,14-/m0/s1. The van der Waals surface area contributed by atoms with Crippen LogP contribution in [0.25, 0.3) is 0 Å². The monoisotopic (exact) mass is 348 g/mol. The lowest BCUT2D eigenvalue weighted by Crippen LogP contribution is -2.51. The van der Waals surface area contributed by atoms with Crippen molar-refractivity contribution in [2.24, 2.45) is 11.7 Å². The molecule has 2 N–H and O–H groups in total. The Hall–Kier alpha value is -0.880. The number of hydrogen-bond donors (Lipinski definition) is 1. The summed E-state index contributed by atoms with van der Waals surface area (Å²) in [5, 5.41) is 0.276. The van der Waals surface area contributed by atoms with Crippen molar-refractivity contribution in [2.75, 3.05) is 19.7 Å². The lowest BCUT2D eigenvalue weighted by atomic mass is 10.0. The van der Waals surface area contributed by atoms with Crippen LogP contribution in [-0.2, 0) is 9.53 Å². The minimum atomic E-state index is -0.563. The molecule has 2 atom stereocenters. The van der Waals surface area contributed by atoms with E-state index in [9.17, 15) is 9.18 Å². The maximum absolute atomic E-state index is 13.7. The van der Waals surface area contributed by atoms with E-state index in [-0.39, 0.29) is 16.8 Å². The third-order valence-corrected chi connectivity index (χ3v) is 4.38. The molecule has 122 valence electrons. The van der Waals surface area contributed by atoms with Gasteiger partial charge in [0.2, 0.25) is 5.91 Å². The molecule has 1 heterocycles. The molecule has 0 aromatic heterocycles. The number of carbonyl (C=O) groups excluding carboxylic acids is 1. The van der Waals surface area contributed by atoms with Crippen molar-refractivity contribution in [1.29, 1.82) is 0 Å². The van der Waals surface area contributed by atoms with Gasteiger partial charge in [0, 0.05) is 17.1 Å². The molecule has 0 radical (unpaired) electrons. The first-order chi connectivity index (χ1) is 10.3.